The van der Waals surface area contributed by atoms with Gasteiger partial charge in [-0.3, -0.25) is 4.79 Å². The van der Waals surface area contributed by atoms with Crippen molar-refractivity contribution in [2.24, 2.45) is 0 Å². The predicted octanol–water partition coefficient (Wildman–Crippen LogP) is 4.59. The Morgan fingerprint density at radius 1 is 1.38 bits per heavy atom. The highest BCUT2D eigenvalue weighted by Crippen LogP contribution is 2.42. The van der Waals surface area contributed by atoms with Crippen LogP contribution in [0.4, 0.5) is 0 Å². The van der Waals surface area contributed by atoms with Crippen LogP contribution in [-0.2, 0) is 4.79 Å². The maximum atomic E-state index is 12.0. The lowest BCUT2D eigenvalue weighted by molar-refractivity contribution is -0.110. The van der Waals surface area contributed by atoms with Crippen LogP contribution in [0, 0.1) is 0 Å². The number of thiol groups is 1. The minimum atomic E-state index is -0.435. The van der Waals surface area contributed by atoms with Crippen molar-refractivity contribution >= 4 is 52.7 Å². The molecule has 1 aromatic carbocycles. The Morgan fingerprint density at radius 3 is 2.57 bits per heavy atom. The van der Waals surface area contributed by atoms with Crippen molar-refractivity contribution < 1.29 is 4.79 Å². The Hall–Kier alpha value is -0.620. The zero-order chi connectivity index (χ0) is 15.4. The molecule has 7 heteroatoms. The molecule has 0 bridgehead atoms. The summed E-state index contributed by atoms with van der Waals surface area (Å²) < 4.78 is 1.77. The molecule has 2 aromatic rings. The van der Waals surface area contributed by atoms with Gasteiger partial charge in [-0.2, -0.15) is 12.6 Å². The summed E-state index contributed by atoms with van der Waals surface area (Å²) in [5, 5.41) is 0.0193. The molecular weight excluding hydrogens is 347 g/mol. The van der Waals surface area contributed by atoms with E-state index >= 15 is 0 Å². The Kier molecular flexibility index (Phi) is 6.05. The van der Waals surface area contributed by atoms with Crippen molar-refractivity contribution in [1.29, 1.82) is 0 Å². The van der Waals surface area contributed by atoms with Gasteiger partial charge in [0.15, 0.2) is 0 Å². The van der Waals surface area contributed by atoms with E-state index in [2.05, 4.69) is 17.6 Å². The van der Waals surface area contributed by atoms with Gasteiger partial charge in [-0.1, -0.05) is 47.1 Å². The number of hydrogen-bond donors (Lipinski definition) is 1. The van der Waals surface area contributed by atoms with E-state index in [0.717, 1.165) is 5.56 Å². The topological polar surface area (TPSA) is 34.9 Å². The fourth-order valence-electron chi connectivity index (χ4n) is 1.73. The first-order chi connectivity index (χ1) is 9.99. The summed E-state index contributed by atoms with van der Waals surface area (Å²) in [6, 6.07) is 7.33. The van der Waals surface area contributed by atoms with Crippen molar-refractivity contribution in [3.05, 3.63) is 53.6 Å². The lowest BCUT2D eigenvalue weighted by Gasteiger charge is -2.23. The predicted molar refractivity (Wildman–Crippen MR) is 92.4 cm³/mol. The number of nitrogens with zero attached hydrogens (tertiary/aromatic N) is 2. The molecule has 2 rings (SSSR count). The number of rotatable bonds is 5. The second-order valence-electron chi connectivity index (χ2n) is 4.47. The summed E-state index contributed by atoms with van der Waals surface area (Å²) in [5.41, 5.74) is 0.496. The summed E-state index contributed by atoms with van der Waals surface area (Å²) in [6.45, 7) is 1.75. The maximum Gasteiger partial charge on any atom is 0.202 e. The van der Waals surface area contributed by atoms with Crippen LogP contribution in [0.3, 0.4) is 0 Å². The third-order valence-electron chi connectivity index (χ3n) is 2.84. The number of hydrogen-bond acceptors (Lipinski definition) is 4. The summed E-state index contributed by atoms with van der Waals surface area (Å²) >= 11 is 17.8. The van der Waals surface area contributed by atoms with E-state index in [-0.39, 0.29) is 15.6 Å². The molecule has 0 radical (unpaired) electrons. The Bertz CT molecular complexity index is 588. The van der Waals surface area contributed by atoms with Crippen molar-refractivity contribution in [1.82, 2.24) is 9.55 Å². The van der Waals surface area contributed by atoms with Crippen LogP contribution in [0.2, 0.25) is 5.02 Å². The monoisotopic (exact) mass is 360 g/mol. The summed E-state index contributed by atoms with van der Waals surface area (Å²) in [4.78, 5) is 16.0. The number of benzene rings is 1. The Morgan fingerprint density at radius 2 is 2.05 bits per heavy atom. The first kappa shape index (κ1) is 16.7. The van der Waals surface area contributed by atoms with Gasteiger partial charge in [-0.15, -0.1) is 0 Å². The van der Waals surface area contributed by atoms with Crippen molar-refractivity contribution in [2.45, 2.75) is 22.9 Å². The van der Waals surface area contributed by atoms with Crippen LogP contribution in [0.15, 0.2) is 43.0 Å². The minimum absolute atomic E-state index is 0.0240. The van der Waals surface area contributed by atoms with Gasteiger partial charge in [0.2, 0.25) is 5.12 Å². The first-order valence-electron chi connectivity index (χ1n) is 6.24. The fourth-order valence-corrected chi connectivity index (χ4v) is 3.45. The van der Waals surface area contributed by atoms with Crippen molar-refractivity contribution in [3.8, 4) is 0 Å². The van der Waals surface area contributed by atoms with Crippen LogP contribution in [0.1, 0.15) is 23.2 Å². The number of carbonyl (C=O) groups is 1. The molecule has 112 valence electrons. The second kappa shape index (κ2) is 7.58. The van der Waals surface area contributed by atoms with Gasteiger partial charge < -0.3 is 4.57 Å². The number of thioether (sulfide) groups is 1. The van der Waals surface area contributed by atoms with Crippen LogP contribution in [-0.4, -0.2) is 19.9 Å². The van der Waals surface area contributed by atoms with E-state index in [1.807, 2.05) is 12.1 Å². The molecule has 0 saturated heterocycles. The van der Waals surface area contributed by atoms with Crippen molar-refractivity contribution in [3.63, 3.8) is 0 Å². The zero-order valence-electron chi connectivity index (χ0n) is 11.2. The van der Waals surface area contributed by atoms with Crippen LogP contribution < -0.4 is 0 Å². The van der Waals surface area contributed by atoms with Gasteiger partial charge in [-0.05, 0) is 24.6 Å². The molecule has 0 saturated carbocycles. The number of aromatic nitrogens is 2. The van der Waals surface area contributed by atoms with Crippen LogP contribution in [0.25, 0.3) is 0 Å². The zero-order valence-corrected chi connectivity index (χ0v) is 14.4. The average Bonchev–Trinajstić information content (AvgIpc) is 2.99. The SMILES string of the molecule is CC(S)C(=O)SC(c1ccc(Cl)cc1)C(Cl)n1ccnc1. The summed E-state index contributed by atoms with van der Waals surface area (Å²) in [5.74, 6) is 0. The average molecular weight is 361 g/mol. The molecule has 0 aliphatic carbocycles. The normalized spacial score (nSPS) is 15.4. The van der Waals surface area contributed by atoms with E-state index in [9.17, 15) is 4.79 Å². The molecule has 0 amide bonds. The van der Waals surface area contributed by atoms with Gasteiger partial charge in [0.05, 0.1) is 16.8 Å². The summed E-state index contributed by atoms with van der Waals surface area (Å²) in [7, 11) is 0. The molecule has 3 unspecified atom stereocenters. The summed E-state index contributed by atoms with van der Waals surface area (Å²) in [6.07, 6.45) is 5.06. The molecule has 1 heterocycles. The number of imidazole rings is 1. The van der Waals surface area contributed by atoms with E-state index in [1.165, 1.54) is 11.8 Å². The molecule has 0 fully saturated rings. The fraction of sp³-hybridized carbons (Fsp3) is 0.286. The smallest absolute Gasteiger partial charge is 0.202 e. The maximum absolute atomic E-state index is 12.0. The number of carbonyl (C=O) groups excluding carboxylic acids is 1. The first-order valence-corrected chi connectivity index (χ1v) is 8.45. The standard InChI is InChI=1S/C14H14Cl2N2OS2/c1-9(20)14(19)21-12(10-2-4-11(15)5-3-10)13(16)18-7-6-17-8-18/h2-9,12-13,20H,1H3. The largest absolute Gasteiger partial charge is 0.319 e. The van der Waals surface area contributed by atoms with Crippen LogP contribution in [0.5, 0.6) is 0 Å². The van der Waals surface area contributed by atoms with Gasteiger partial charge in [0.1, 0.15) is 5.50 Å². The van der Waals surface area contributed by atoms with Gasteiger partial charge in [0.25, 0.3) is 0 Å². The van der Waals surface area contributed by atoms with Crippen molar-refractivity contribution in [2.75, 3.05) is 0 Å². The second-order valence-corrected chi connectivity index (χ2v) is 7.27. The molecule has 3 atom stereocenters. The Labute approximate surface area is 143 Å². The van der Waals surface area contributed by atoms with Gasteiger partial charge in [-0.25, -0.2) is 4.98 Å². The van der Waals surface area contributed by atoms with E-state index in [0.29, 0.717) is 5.02 Å². The molecule has 21 heavy (non-hydrogen) atoms. The molecule has 3 nitrogen and oxygen atoms in total. The third-order valence-corrected chi connectivity index (χ3v) is 5.50. The highest BCUT2D eigenvalue weighted by Gasteiger charge is 2.27. The minimum Gasteiger partial charge on any atom is -0.319 e. The molecule has 0 spiro atoms. The lowest BCUT2D eigenvalue weighted by Crippen LogP contribution is -2.14. The van der Waals surface area contributed by atoms with Gasteiger partial charge >= 0.3 is 0 Å². The number of halogens is 2. The van der Waals surface area contributed by atoms with Gasteiger partial charge in [0, 0.05) is 17.4 Å². The highest BCUT2D eigenvalue weighted by molar-refractivity contribution is 8.15. The lowest BCUT2D eigenvalue weighted by atomic mass is 10.1. The molecular formula is C14H14Cl2N2OS2. The third kappa shape index (κ3) is 4.42. The molecule has 1 aromatic heterocycles. The molecule has 0 N–H and O–H groups in total. The number of alkyl halides is 1. The van der Waals surface area contributed by atoms with E-state index in [4.69, 9.17) is 23.2 Å². The molecule has 0 aliphatic rings. The molecule has 0 aliphatic heterocycles. The van der Waals surface area contributed by atoms with Crippen LogP contribution >= 0.6 is 47.6 Å². The van der Waals surface area contributed by atoms with E-state index < -0.39 is 5.50 Å². The van der Waals surface area contributed by atoms with E-state index in [1.54, 1.807) is 42.3 Å². The Balaban J connectivity index is 2.29. The highest BCUT2D eigenvalue weighted by atomic mass is 35.5. The quantitative estimate of drug-likeness (QED) is 0.625.